The fourth-order valence-electron chi connectivity index (χ4n) is 2.03. The van der Waals surface area contributed by atoms with Gasteiger partial charge in [-0.3, -0.25) is 4.79 Å². The number of carbonyl (C=O) groups excluding carboxylic acids is 1. The molecule has 3 unspecified atom stereocenters. The van der Waals surface area contributed by atoms with Crippen molar-refractivity contribution in [3.05, 3.63) is 0 Å². The molecule has 0 radical (unpaired) electrons. The Bertz CT molecular complexity index is 233. The van der Waals surface area contributed by atoms with E-state index in [1.807, 2.05) is 0 Å². The van der Waals surface area contributed by atoms with Crippen LogP contribution in [0.2, 0.25) is 0 Å². The van der Waals surface area contributed by atoms with Crippen molar-refractivity contribution in [3.63, 3.8) is 0 Å². The monoisotopic (exact) mass is 262 g/mol. The van der Waals surface area contributed by atoms with Crippen LogP contribution in [0.5, 0.6) is 0 Å². The first-order chi connectivity index (χ1) is 7.50. The highest BCUT2D eigenvalue weighted by atomic mass is 35.5. The van der Waals surface area contributed by atoms with E-state index in [1.165, 1.54) is 0 Å². The molecule has 3 atom stereocenters. The Kier molecular flexibility index (Phi) is 7.80. The number of rotatable bonds is 4. The van der Waals surface area contributed by atoms with Crippen LogP contribution in [0.15, 0.2) is 0 Å². The molecule has 0 aliphatic carbocycles. The van der Waals surface area contributed by atoms with Crippen LogP contribution in [0.25, 0.3) is 0 Å². The predicted octanol–water partition coefficient (Wildman–Crippen LogP) is 2.35. The number of nitrogens with one attached hydrogen (secondary N) is 2. The van der Waals surface area contributed by atoms with Gasteiger partial charge in [-0.2, -0.15) is 0 Å². The number of carbonyl (C=O) groups is 1. The molecule has 1 fully saturated rings. The van der Waals surface area contributed by atoms with Gasteiger partial charge in [-0.05, 0) is 38.1 Å². The summed E-state index contributed by atoms with van der Waals surface area (Å²) in [6.45, 7) is 9.71. The number of amides is 1. The largest absolute Gasteiger partial charge is 0.352 e. The second kappa shape index (κ2) is 7.93. The minimum Gasteiger partial charge on any atom is -0.352 e. The Hall–Kier alpha value is -0.280. The summed E-state index contributed by atoms with van der Waals surface area (Å²) in [6, 6.07) is 0.729. The molecule has 0 aromatic carbocycles. The van der Waals surface area contributed by atoms with Gasteiger partial charge < -0.3 is 10.6 Å². The molecule has 4 heteroatoms. The summed E-state index contributed by atoms with van der Waals surface area (Å²) in [7, 11) is 0. The third kappa shape index (κ3) is 5.73. The zero-order valence-electron chi connectivity index (χ0n) is 11.5. The maximum atomic E-state index is 11.8. The maximum absolute atomic E-state index is 11.8. The SMILES string of the molecule is CC(C)C(C)CC(=O)NC1CCCNC1C.Cl. The van der Waals surface area contributed by atoms with Crippen molar-refractivity contribution >= 4 is 18.3 Å². The molecule has 17 heavy (non-hydrogen) atoms. The quantitative estimate of drug-likeness (QED) is 0.817. The molecule has 102 valence electrons. The van der Waals surface area contributed by atoms with Crippen LogP contribution in [0.1, 0.15) is 47.0 Å². The lowest BCUT2D eigenvalue weighted by atomic mass is 9.93. The molecule has 0 aromatic rings. The second-order valence-corrected chi connectivity index (χ2v) is 5.48. The molecule has 0 spiro atoms. The molecule has 1 aliphatic heterocycles. The fraction of sp³-hybridized carbons (Fsp3) is 0.923. The Morgan fingerprint density at radius 1 is 1.41 bits per heavy atom. The van der Waals surface area contributed by atoms with Crippen LogP contribution in [0.3, 0.4) is 0 Å². The van der Waals surface area contributed by atoms with E-state index >= 15 is 0 Å². The normalized spacial score (nSPS) is 26.2. The summed E-state index contributed by atoms with van der Waals surface area (Å²) in [5.41, 5.74) is 0. The maximum Gasteiger partial charge on any atom is 0.220 e. The highest BCUT2D eigenvalue weighted by molar-refractivity contribution is 5.85. The lowest BCUT2D eigenvalue weighted by molar-refractivity contribution is -0.123. The van der Waals surface area contributed by atoms with E-state index in [4.69, 9.17) is 0 Å². The lowest BCUT2D eigenvalue weighted by Gasteiger charge is -2.31. The highest BCUT2D eigenvalue weighted by Crippen LogP contribution is 2.15. The van der Waals surface area contributed by atoms with E-state index in [9.17, 15) is 4.79 Å². The van der Waals surface area contributed by atoms with Gasteiger partial charge in [-0.25, -0.2) is 0 Å². The third-order valence-electron chi connectivity index (χ3n) is 3.75. The summed E-state index contributed by atoms with van der Waals surface area (Å²) in [5, 5.41) is 6.55. The topological polar surface area (TPSA) is 41.1 Å². The molecule has 1 saturated heterocycles. The van der Waals surface area contributed by atoms with Crippen molar-refractivity contribution in [1.29, 1.82) is 0 Å². The van der Waals surface area contributed by atoms with Gasteiger partial charge in [0.15, 0.2) is 0 Å². The zero-order valence-corrected chi connectivity index (χ0v) is 12.3. The van der Waals surface area contributed by atoms with Gasteiger partial charge in [0.05, 0.1) is 0 Å². The minimum atomic E-state index is 0. The first-order valence-electron chi connectivity index (χ1n) is 6.53. The summed E-state index contributed by atoms with van der Waals surface area (Å²) in [5.74, 6) is 1.25. The Balaban J connectivity index is 0.00000256. The minimum absolute atomic E-state index is 0. The summed E-state index contributed by atoms with van der Waals surface area (Å²) in [6.07, 6.45) is 2.92. The Labute approximate surface area is 112 Å². The smallest absolute Gasteiger partial charge is 0.220 e. The van der Waals surface area contributed by atoms with E-state index in [2.05, 4.69) is 38.3 Å². The molecular formula is C13H27ClN2O. The van der Waals surface area contributed by atoms with Crippen LogP contribution in [0, 0.1) is 11.8 Å². The van der Waals surface area contributed by atoms with Crippen molar-refractivity contribution in [1.82, 2.24) is 10.6 Å². The Morgan fingerprint density at radius 3 is 2.59 bits per heavy atom. The van der Waals surface area contributed by atoms with E-state index < -0.39 is 0 Å². The molecule has 2 N–H and O–H groups in total. The van der Waals surface area contributed by atoms with Gasteiger partial charge in [0.25, 0.3) is 0 Å². The number of hydrogen-bond donors (Lipinski definition) is 2. The average Bonchev–Trinajstić information content (AvgIpc) is 2.21. The van der Waals surface area contributed by atoms with Crippen molar-refractivity contribution in [2.75, 3.05) is 6.54 Å². The molecular weight excluding hydrogens is 236 g/mol. The molecule has 1 aliphatic rings. The van der Waals surface area contributed by atoms with Crippen molar-refractivity contribution < 1.29 is 4.79 Å². The highest BCUT2D eigenvalue weighted by Gasteiger charge is 2.23. The van der Waals surface area contributed by atoms with Crippen LogP contribution in [-0.2, 0) is 4.79 Å². The van der Waals surface area contributed by atoms with Crippen molar-refractivity contribution in [2.24, 2.45) is 11.8 Å². The lowest BCUT2D eigenvalue weighted by Crippen LogP contribution is -2.52. The second-order valence-electron chi connectivity index (χ2n) is 5.48. The summed E-state index contributed by atoms with van der Waals surface area (Å²) in [4.78, 5) is 11.8. The molecule has 0 bridgehead atoms. The van der Waals surface area contributed by atoms with Gasteiger partial charge in [0, 0.05) is 18.5 Å². The molecule has 3 nitrogen and oxygen atoms in total. The fourth-order valence-corrected chi connectivity index (χ4v) is 2.03. The van der Waals surface area contributed by atoms with Crippen LogP contribution < -0.4 is 10.6 Å². The predicted molar refractivity (Wildman–Crippen MR) is 74.5 cm³/mol. The van der Waals surface area contributed by atoms with E-state index in [-0.39, 0.29) is 18.3 Å². The number of hydrogen-bond acceptors (Lipinski definition) is 2. The van der Waals surface area contributed by atoms with Gasteiger partial charge in [-0.15, -0.1) is 12.4 Å². The van der Waals surface area contributed by atoms with E-state index in [0.29, 0.717) is 30.3 Å². The summed E-state index contributed by atoms with van der Waals surface area (Å²) >= 11 is 0. The standard InChI is InChI=1S/C13H26N2O.ClH/c1-9(2)10(3)8-13(16)15-12-6-5-7-14-11(12)4;/h9-12,14H,5-8H2,1-4H3,(H,15,16);1H. The molecule has 0 saturated carbocycles. The van der Waals surface area contributed by atoms with Crippen LogP contribution in [-0.4, -0.2) is 24.5 Å². The van der Waals surface area contributed by atoms with E-state index in [0.717, 1.165) is 19.4 Å². The van der Waals surface area contributed by atoms with Crippen LogP contribution >= 0.6 is 12.4 Å². The van der Waals surface area contributed by atoms with Gasteiger partial charge in [0.2, 0.25) is 5.91 Å². The van der Waals surface area contributed by atoms with E-state index in [1.54, 1.807) is 0 Å². The van der Waals surface area contributed by atoms with Gasteiger partial charge >= 0.3 is 0 Å². The molecule has 1 heterocycles. The van der Waals surface area contributed by atoms with Crippen molar-refractivity contribution in [2.45, 2.75) is 59.0 Å². The molecule has 1 amide bonds. The molecule has 1 rings (SSSR count). The summed E-state index contributed by atoms with van der Waals surface area (Å²) < 4.78 is 0. The van der Waals surface area contributed by atoms with Gasteiger partial charge in [-0.1, -0.05) is 20.8 Å². The number of piperidine rings is 1. The van der Waals surface area contributed by atoms with Crippen molar-refractivity contribution in [3.8, 4) is 0 Å². The number of halogens is 1. The first-order valence-corrected chi connectivity index (χ1v) is 6.53. The Morgan fingerprint density at radius 2 is 2.06 bits per heavy atom. The van der Waals surface area contributed by atoms with Crippen LogP contribution in [0.4, 0.5) is 0 Å². The molecule has 0 aromatic heterocycles. The average molecular weight is 263 g/mol. The first kappa shape index (κ1) is 16.7. The third-order valence-corrected chi connectivity index (χ3v) is 3.75. The zero-order chi connectivity index (χ0) is 12.1. The van der Waals surface area contributed by atoms with Gasteiger partial charge in [0.1, 0.15) is 0 Å².